The molecular formula is C17H25N3O4. The fourth-order valence-corrected chi connectivity index (χ4v) is 2.80. The molecule has 2 rings (SSSR count). The molecule has 0 radical (unpaired) electrons. The summed E-state index contributed by atoms with van der Waals surface area (Å²) in [6.45, 7) is 3.88. The van der Waals surface area contributed by atoms with Crippen LogP contribution >= 0.6 is 0 Å². The zero-order valence-electron chi connectivity index (χ0n) is 14.2. The van der Waals surface area contributed by atoms with Gasteiger partial charge in [-0.2, -0.15) is 0 Å². The molecule has 1 fully saturated rings. The van der Waals surface area contributed by atoms with Gasteiger partial charge in [0, 0.05) is 5.69 Å². The van der Waals surface area contributed by atoms with E-state index in [0.717, 1.165) is 0 Å². The van der Waals surface area contributed by atoms with Gasteiger partial charge in [0.15, 0.2) is 0 Å². The summed E-state index contributed by atoms with van der Waals surface area (Å²) in [6, 6.07) is 5.11. The van der Waals surface area contributed by atoms with Gasteiger partial charge < -0.3 is 20.5 Å². The minimum Gasteiger partial charge on any atom is -0.495 e. The standard InChI is InChI=1S/C17H25N3O4/c1-3-24-17(22)12-6-8-20(9-7-12)11-16(21)19-14-10-13(18)4-5-15(14)23-2/h4-5,10,12H,3,6-9,11,18H2,1-2H3,(H,19,21). The Bertz CT molecular complexity index is 583. The van der Waals surface area contributed by atoms with E-state index < -0.39 is 0 Å². The average Bonchev–Trinajstić information content (AvgIpc) is 2.56. The van der Waals surface area contributed by atoms with E-state index in [2.05, 4.69) is 5.32 Å². The van der Waals surface area contributed by atoms with Crippen molar-refractivity contribution in [3.63, 3.8) is 0 Å². The number of benzene rings is 1. The molecule has 132 valence electrons. The van der Waals surface area contributed by atoms with Crippen molar-refractivity contribution in [1.29, 1.82) is 0 Å². The van der Waals surface area contributed by atoms with Gasteiger partial charge in [0.25, 0.3) is 0 Å². The first kappa shape index (κ1) is 18.1. The quantitative estimate of drug-likeness (QED) is 0.604. The van der Waals surface area contributed by atoms with Gasteiger partial charge >= 0.3 is 5.97 Å². The Morgan fingerprint density at radius 2 is 2.04 bits per heavy atom. The highest BCUT2D eigenvalue weighted by atomic mass is 16.5. The van der Waals surface area contributed by atoms with Gasteiger partial charge in [-0.25, -0.2) is 0 Å². The summed E-state index contributed by atoms with van der Waals surface area (Å²) >= 11 is 0. The summed E-state index contributed by atoms with van der Waals surface area (Å²) in [6.07, 6.45) is 1.43. The third-order valence-corrected chi connectivity index (χ3v) is 4.07. The Morgan fingerprint density at radius 1 is 1.33 bits per heavy atom. The summed E-state index contributed by atoms with van der Waals surface area (Å²) in [5.41, 5.74) is 6.87. The SMILES string of the molecule is CCOC(=O)C1CCN(CC(=O)Nc2cc(N)ccc2OC)CC1. The molecule has 1 aromatic carbocycles. The van der Waals surface area contributed by atoms with Crippen molar-refractivity contribution in [2.75, 3.05) is 44.4 Å². The highest BCUT2D eigenvalue weighted by Gasteiger charge is 2.26. The lowest BCUT2D eigenvalue weighted by Crippen LogP contribution is -2.41. The number of nitrogens with zero attached hydrogens (tertiary/aromatic N) is 1. The Balaban J connectivity index is 1.84. The largest absolute Gasteiger partial charge is 0.495 e. The van der Waals surface area contributed by atoms with Crippen LogP contribution in [-0.4, -0.2) is 50.1 Å². The van der Waals surface area contributed by atoms with E-state index in [-0.39, 0.29) is 24.3 Å². The van der Waals surface area contributed by atoms with Gasteiger partial charge in [-0.05, 0) is 51.1 Å². The summed E-state index contributed by atoms with van der Waals surface area (Å²) < 4.78 is 10.3. The molecule has 3 N–H and O–H groups in total. The molecule has 0 saturated carbocycles. The molecule has 0 atom stereocenters. The molecule has 0 aliphatic carbocycles. The van der Waals surface area contributed by atoms with E-state index in [1.165, 1.54) is 0 Å². The number of methoxy groups -OCH3 is 1. The second kappa shape index (κ2) is 8.54. The summed E-state index contributed by atoms with van der Waals surface area (Å²) in [5, 5.41) is 2.83. The number of nitrogens with two attached hydrogens (primary N) is 1. The number of carbonyl (C=O) groups excluding carboxylic acids is 2. The van der Waals surface area contributed by atoms with E-state index >= 15 is 0 Å². The lowest BCUT2D eigenvalue weighted by atomic mass is 9.97. The topological polar surface area (TPSA) is 93.9 Å². The van der Waals surface area contributed by atoms with Crippen LogP contribution in [0, 0.1) is 5.92 Å². The Kier molecular flexibility index (Phi) is 6.43. The first-order chi connectivity index (χ1) is 11.5. The molecule has 0 spiro atoms. The zero-order valence-corrected chi connectivity index (χ0v) is 14.2. The van der Waals surface area contributed by atoms with Crippen molar-refractivity contribution < 1.29 is 19.1 Å². The first-order valence-electron chi connectivity index (χ1n) is 8.15. The van der Waals surface area contributed by atoms with Gasteiger partial charge in [0.2, 0.25) is 5.91 Å². The maximum atomic E-state index is 12.2. The molecule has 1 amide bonds. The van der Waals surface area contributed by atoms with Crippen LogP contribution < -0.4 is 15.8 Å². The van der Waals surface area contributed by atoms with E-state index in [9.17, 15) is 9.59 Å². The molecule has 7 heteroatoms. The highest BCUT2D eigenvalue weighted by Crippen LogP contribution is 2.26. The fraction of sp³-hybridized carbons (Fsp3) is 0.529. The van der Waals surface area contributed by atoms with Crippen LogP contribution in [0.1, 0.15) is 19.8 Å². The van der Waals surface area contributed by atoms with Crippen molar-refractivity contribution >= 4 is 23.3 Å². The van der Waals surface area contributed by atoms with E-state index in [4.69, 9.17) is 15.2 Å². The van der Waals surface area contributed by atoms with Crippen LogP contribution in [0.2, 0.25) is 0 Å². The number of esters is 1. The van der Waals surface area contributed by atoms with Gasteiger partial charge in [-0.1, -0.05) is 0 Å². The zero-order chi connectivity index (χ0) is 17.5. The number of amides is 1. The first-order valence-corrected chi connectivity index (χ1v) is 8.15. The van der Waals surface area contributed by atoms with Crippen LogP contribution in [0.4, 0.5) is 11.4 Å². The third kappa shape index (κ3) is 4.86. The third-order valence-electron chi connectivity index (χ3n) is 4.07. The van der Waals surface area contributed by atoms with E-state index in [1.54, 1.807) is 25.3 Å². The minimum absolute atomic E-state index is 0.0572. The number of nitrogens with one attached hydrogen (secondary N) is 1. The molecule has 24 heavy (non-hydrogen) atoms. The molecule has 1 aliphatic heterocycles. The number of hydrogen-bond donors (Lipinski definition) is 2. The van der Waals surface area contributed by atoms with E-state index in [0.29, 0.717) is 49.7 Å². The van der Waals surface area contributed by atoms with Crippen molar-refractivity contribution in [1.82, 2.24) is 4.90 Å². The molecule has 1 aliphatic rings. The number of anilines is 2. The number of piperidine rings is 1. The second-order valence-electron chi connectivity index (χ2n) is 5.81. The predicted molar refractivity (Wildman–Crippen MR) is 91.8 cm³/mol. The van der Waals surface area contributed by atoms with Gasteiger partial charge in [-0.3, -0.25) is 14.5 Å². The Morgan fingerprint density at radius 3 is 2.67 bits per heavy atom. The molecular weight excluding hydrogens is 310 g/mol. The van der Waals surface area contributed by atoms with Crippen molar-refractivity contribution in [3.05, 3.63) is 18.2 Å². The number of ether oxygens (including phenoxy) is 2. The lowest BCUT2D eigenvalue weighted by molar-refractivity contribution is -0.149. The van der Waals surface area contributed by atoms with Crippen LogP contribution in [0.25, 0.3) is 0 Å². The number of hydrogen-bond acceptors (Lipinski definition) is 6. The van der Waals surface area contributed by atoms with Crippen molar-refractivity contribution in [2.24, 2.45) is 5.92 Å². The van der Waals surface area contributed by atoms with Crippen LogP contribution in [-0.2, 0) is 14.3 Å². The molecule has 1 heterocycles. The fourth-order valence-electron chi connectivity index (χ4n) is 2.80. The molecule has 0 unspecified atom stereocenters. The predicted octanol–water partition coefficient (Wildman–Crippen LogP) is 1.49. The van der Waals surface area contributed by atoms with Crippen molar-refractivity contribution in [3.8, 4) is 5.75 Å². The summed E-state index contributed by atoms with van der Waals surface area (Å²) in [5.74, 6) is 0.247. The summed E-state index contributed by atoms with van der Waals surface area (Å²) in [7, 11) is 1.54. The Hall–Kier alpha value is -2.28. The lowest BCUT2D eigenvalue weighted by Gasteiger charge is -2.30. The van der Waals surface area contributed by atoms with Gasteiger partial charge in [0.1, 0.15) is 5.75 Å². The van der Waals surface area contributed by atoms with Crippen LogP contribution in [0.15, 0.2) is 18.2 Å². The average molecular weight is 335 g/mol. The van der Waals surface area contributed by atoms with Gasteiger partial charge in [-0.15, -0.1) is 0 Å². The number of carbonyl (C=O) groups is 2. The van der Waals surface area contributed by atoms with Gasteiger partial charge in [0.05, 0.1) is 31.9 Å². The second-order valence-corrected chi connectivity index (χ2v) is 5.81. The van der Waals surface area contributed by atoms with Crippen LogP contribution in [0.5, 0.6) is 5.75 Å². The molecule has 1 saturated heterocycles. The minimum atomic E-state index is -0.133. The Labute approximate surface area is 142 Å². The monoisotopic (exact) mass is 335 g/mol. The van der Waals surface area contributed by atoms with Crippen molar-refractivity contribution in [2.45, 2.75) is 19.8 Å². The number of likely N-dealkylation sites (tertiary alicyclic amines) is 1. The highest BCUT2D eigenvalue weighted by molar-refractivity contribution is 5.94. The normalized spacial score (nSPS) is 15.8. The molecule has 7 nitrogen and oxygen atoms in total. The number of rotatable bonds is 6. The maximum Gasteiger partial charge on any atom is 0.309 e. The summed E-state index contributed by atoms with van der Waals surface area (Å²) in [4.78, 5) is 26.0. The molecule has 1 aromatic rings. The molecule has 0 bridgehead atoms. The van der Waals surface area contributed by atoms with E-state index in [1.807, 2.05) is 11.8 Å². The molecule has 0 aromatic heterocycles. The number of nitrogen functional groups attached to an aromatic ring is 1. The maximum absolute atomic E-state index is 12.2. The smallest absolute Gasteiger partial charge is 0.309 e. The van der Waals surface area contributed by atoms with Crippen LogP contribution in [0.3, 0.4) is 0 Å².